The molecule has 2 aromatic heterocycles. The lowest BCUT2D eigenvalue weighted by Gasteiger charge is -2.27. The highest BCUT2D eigenvalue weighted by Crippen LogP contribution is 2.21. The highest BCUT2D eigenvalue weighted by Gasteiger charge is 2.16. The van der Waals surface area contributed by atoms with Crippen LogP contribution in [0.3, 0.4) is 0 Å². The second-order valence-electron chi connectivity index (χ2n) is 6.74. The molecule has 0 aliphatic carbocycles. The Balaban J connectivity index is 1.74. The summed E-state index contributed by atoms with van der Waals surface area (Å²) in [6.45, 7) is 9.72. The van der Waals surface area contributed by atoms with Gasteiger partial charge < -0.3 is 9.64 Å². The Labute approximate surface area is 148 Å². The topological polar surface area (TPSA) is 42.7 Å². The molecule has 0 spiro atoms. The molecule has 130 valence electrons. The van der Waals surface area contributed by atoms with Crippen LogP contribution in [0.1, 0.15) is 28.1 Å². The van der Waals surface area contributed by atoms with Gasteiger partial charge in [-0.15, -0.1) is 5.10 Å². The molecule has 1 fully saturated rings. The number of aromatic nitrogens is 3. The SMILES string of the molecule is Cc1cccc(Cc2c(C)nc3ccc(N4CCOCC4)nn23)c1C. The number of ether oxygens (including phenoxy) is 1. The van der Waals surface area contributed by atoms with Crippen molar-refractivity contribution < 1.29 is 4.74 Å². The van der Waals surface area contributed by atoms with Gasteiger partial charge in [-0.2, -0.15) is 0 Å². The molecule has 5 nitrogen and oxygen atoms in total. The van der Waals surface area contributed by atoms with Crippen LogP contribution in [0.2, 0.25) is 0 Å². The first kappa shape index (κ1) is 16.1. The van der Waals surface area contributed by atoms with Crippen LogP contribution in [0.5, 0.6) is 0 Å². The van der Waals surface area contributed by atoms with Gasteiger partial charge >= 0.3 is 0 Å². The largest absolute Gasteiger partial charge is 0.378 e. The van der Waals surface area contributed by atoms with Crippen LogP contribution < -0.4 is 4.90 Å². The predicted molar refractivity (Wildman–Crippen MR) is 99.5 cm³/mol. The van der Waals surface area contributed by atoms with Gasteiger partial charge in [-0.3, -0.25) is 0 Å². The van der Waals surface area contributed by atoms with E-state index in [1.807, 2.05) is 4.52 Å². The van der Waals surface area contributed by atoms with E-state index < -0.39 is 0 Å². The summed E-state index contributed by atoms with van der Waals surface area (Å²) in [5.74, 6) is 0.996. The second kappa shape index (κ2) is 6.48. The Bertz CT molecular complexity index is 909. The molecule has 0 radical (unpaired) electrons. The lowest BCUT2D eigenvalue weighted by Crippen LogP contribution is -2.37. The first-order valence-corrected chi connectivity index (χ1v) is 8.86. The number of imidazole rings is 1. The lowest BCUT2D eigenvalue weighted by molar-refractivity contribution is 0.122. The van der Waals surface area contributed by atoms with Crippen molar-refractivity contribution in [1.82, 2.24) is 14.6 Å². The highest BCUT2D eigenvalue weighted by atomic mass is 16.5. The van der Waals surface area contributed by atoms with Crippen LogP contribution in [0, 0.1) is 20.8 Å². The van der Waals surface area contributed by atoms with Crippen molar-refractivity contribution in [1.29, 1.82) is 0 Å². The van der Waals surface area contributed by atoms with E-state index in [1.54, 1.807) is 0 Å². The summed E-state index contributed by atoms with van der Waals surface area (Å²) in [7, 11) is 0. The summed E-state index contributed by atoms with van der Waals surface area (Å²) in [6, 6.07) is 10.6. The number of fused-ring (bicyclic) bond motifs is 1. The van der Waals surface area contributed by atoms with Crippen LogP contribution in [-0.2, 0) is 11.2 Å². The molecule has 0 amide bonds. The van der Waals surface area contributed by atoms with Gasteiger partial charge in [0.2, 0.25) is 0 Å². The van der Waals surface area contributed by atoms with Crippen LogP contribution in [0.15, 0.2) is 30.3 Å². The minimum Gasteiger partial charge on any atom is -0.378 e. The maximum atomic E-state index is 5.45. The molecule has 3 aromatic rings. The van der Waals surface area contributed by atoms with Gasteiger partial charge in [0.25, 0.3) is 0 Å². The molecular weight excluding hydrogens is 312 g/mol. The van der Waals surface area contributed by atoms with Gasteiger partial charge in [-0.05, 0) is 49.6 Å². The van der Waals surface area contributed by atoms with E-state index in [1.165, 1.54) is 22.4 Å². The maximum absolute atomic E-state index is 5.45. The van der Waals surface area contributed by atoms with E-state index in [2.05, 4.69) is 56.0 Å². The van der Waals surface area contributed by atoms with Crippen LogP contribution in [0.25, 0.3) is 5.65 Å². The number of hydrogen-bond acceptors (Lipinski definition) is 4. The molecule has 1 aliphatic rings. The molecule has 3 heterocycles. The molecule has 1 aliphatic heterocycles. The Morgan fingerprint density at radius 3 is 2.64 bits per heavy atom. The monoisotopic (exact) mass is 336 g/mol. The van der Waals surface area contributed by atoms with E-state index in [0.717, 1.165) is 49.9 Å². The molecule has 0 atom stereocenters. The quantitative estimate of drug-likeness (QED) is 0.737. The smallest absolute Gasteiger partial charge is 0.154 e. The number of hydrogen-bond donors (Lipinski definition) is 0. The third kappa shape index (κ3) is 3.00. The summed E-state index contributed by atoms with van der Waals surface area (Å²) in [4.78, 5) is 6.98. The van der Waals surface area contributed by atoms with Crippen LogP contribution in [-0.4, -0.2) is 40.9 Å². The minimum absolute atomic E-state index is 0.762. The summed E-state index contributed by atoms with van der Waals surface area (Å²) >= 11 is 0. The lowest BCUT2D eigenvalue weighted by atomic mass is 9.99. The fraction of sp³-hybridized carbons (Fsp3) is 0.400. The molecule has 0 saturated carbocycles. The van der Waals surface area contributed by atoms with Gasteiger partial charge in [-0.1, -0.05) is 18.2 Å². The summed E-state index contributed by atoms with van der Waals surface area (Å²) < 4.78 is 7.47. The first-order valence-electron chi connectivity index (χ1n) is 8.86. The zero-order chi connectivity index (χ0) is 17.4. The van der Waals surface area contributed by atoms with E-state index in [-0.39, 0.29) is 0 Å². The minimum atomic E-state index is 0.762. The number of anilines is 1. The van der Waals surface area contributed by atoms with E-state index >= 15 is 0 Å². The second-order valence-corrected chi connectivity index (χ2v) is 6.74. The van der Waals surface area contributed by atoms with Gasteiger partial charge in [0.15, 0.2) is 5.65 Å². The maximum Gasteiger partial charge on any atom is 0.154 e. The van der Waals surface area contributed by atoms with Crippen molar-refractivity contribution in [3.63, 3.8) is 0 Å². The van der Waals surface area contributed by atoms with Crippen molar-refractivity contribution in [2.45, 2.75) is 27.2 Å². The molecule has 0 unspecified atom stereocenters. The van der Waals surface area contributed by atoms with Gasteiger partial charge in [-0.25, -0.2) is 9.50 Å². The third-order valence-corrected chi connectivity index (χ3v) is 5.17. The standard InChI is InChI=1S/C20H24N4O/c1-14-5-4-6-17(15(14)2)13-18-16(3)21-19-7-8-20(22-24(18)19)23-9-11-25-12-10-23/h4-8H,9-13H2,1-3H3. The Kier molecular flexibility index (Phi) is 4.17. The number of nitrogens with zero attached hydrogens (tertiary/aromatic N) is 4. The van der Waals surface area contributed by atoms with Crippen molar-refractivity contribution in [3.05, 3.63) is 58.4 Å². The molecule has 5 heteroatoms. The zero-order valence-corrected chi connectivity index (χ0v) is 15.1. The highest BCUT2D eigenvalue weighted by molar-refractivity contribution is 5.49. The van der Waals surface area contributed by atoms with Crippen molar-refractivity contribution in [2.24, 2.45) is 0 Å². The normalized spacial score (nSPS) is 15.1. The van der Waals surface area contributed by atoms with Crippen LogP contribution in [0.4, 0.5) is 5.82 Å². The third-order valence-electron chi connectivity index (χ3n) is 5.17. The van der Waals surface area contributed by atoms with E-state index in [9.17, 15) is 0 Å². The van der Waals surface area contributed by atoms with Gasteiger partial charge in [0.05, 0.1) is 24.6 Å². The van der Waals surface area contributed by atoms with Gasteiger partial charge in [0.1, 0.15) is 5.82 Å². The molecule has 25 heavy (non-hydrogen) atoms. The van der Waals surface area contributed by atoms with Crippen LogP contribution >= 0.6 is 0 Å². The average Bonchev–Trinajstić information content (AvgIpc) is 2.94. The Morgan fingerprint density at radius 2 is 1.84 bits per heavy atom. The molecular formula is C20H24N4O. The fourth-order valence-electron chi connectivity index (χ4n) is 3.43. The molecule has 0 bridgehead atoms. The Hall–Kier alpha value is -2.40. The molecule has 1 saturated heterocycles. The zero-order valence-electron chi connectivity index (χ0n) is 15.1. The van der Waals surface area contributed by atoms with Crippen molar-refractivity contribution in [3.8, 4) is 0 Å². The fourth-order valence-corrected chi connectivity index (χ4v) is 3.43. The summed E-state index contributed by atoms with van der Waals surface area (Å²) in [5, 5.41) is 4.89. The number of aryl methyl sites for hydroxylation is 2. The summed E-state index contributed by atoms with van der Waals surface area (Å²) in [5.41, 5.74) is 7.14. The number of benzene rings is 1. The average molecular weight is 336 g/mol. The molecule has 1 aromatic carbocycles. The molecule has 4 rings (SSSR count). The Morgan fingerprint density at radius 1 is 1.04 bits per heavy atom. The van der Waals surface area contributed by atoms with E-state index in [0.29, 0.717) is 0 Å². The summed E-state index contributed by atoms with van der Waals surface area (Å²) in [6.07, 6.45) is 0.847. The van der Waals surface area contributed by atoms with Gasteiger partial charge in [0, 0.05) is 19.5 Å². The van der Waals surface area contributed by atoms with E-state index in [4.69, 9.17) is 14.8 Å². The van der Waals surface area contributed by atoms with Crippen molar-refractivity contribution in [2.75, 3.05) is 31.2 Å². The first-order chi connectivity index (χ1) is 12.1. The molecule has 0 N–H and O–H groups in total. The predicted octanol–water partition coefficient (Wildman–Crippen LogP) is 3.08. The number of rotatable bonds is 3. The van der Waals surface area contributed by atoms with Crippen molar-refractivity contribution >= 4 is 11.5 Å². The number of morpholine rings is 1.